The first-order valence-corrected chi connectivity index (χ1v) is 8.92. The van der Waals surface area contributed by atoms with Crippen molar-refractivity contribution in [1.82, 2.24) is 15.5 Å². The molecule has 0 aromatic heterocycles. The number of ether oxygens (including phenoxy) is 1. The topological polar surface area (TPSA) is 70.7 Å². The average Bonchev–Trinajstić information content (AvgIpc) is 3.12. The Balaban J connectivity index is 1.71. The number of amides is 2. The van der Waals surface area contributed by atoms with Gasteiger partial charge in [0.15, 0.2) is 0 Å². The molecule has 0 radical (unpaired) electrons. The molecule has 0 saturated carbocycles. The molecule has 8 heteroatoms. The summed E-state index contributed by atoms with van der Waals surface area (Å²) in [5.41, 5.74) is 0.0480. The van der Waals surface area contributed by atoms with E-state index in [1.807, 2.05) is 0 Å². The zero-order valence-corrected chi connectivity index (χ0v) is 14.4. The molecule has 0 spiro atoms. The van der Waals surface area contributed by atoms with E-state index in [4.69, 9.17) is 0 Å². The average molecular weight is 367 g/mol. The normalized spacial score (nSPS) is 23.1. The first kappa shape index (κ1) is 18.6. The van der Waals surface area contributed by atoms with Gasteiger partial charge in [-0.3, -0.25) is 9.59 Å². The number of nitrogens with zero attached hydrogens (tertiary/aromatic N) is 1. The minimum Gasteiger partial charge on any atom is -0.434 e. The van der Waals surface area contributed by atoms with Crippen LogP contribution in [-0.4, -0.2) is 55.0 Å². The summed E-state index contributed by atoms with van der Waals surface area (Å²) >= 11 is 0. The molecule has 2 heterocycles. The Bertz CT molecular complexity index is 650. The molecule has 142 valence electrons. The van der Waals surface area contributed by atoms with Crippen LogP contribution in [0.5, 0.6) is 5.75 Å². The number of para-hydroxylation sites is 1. The van der Waals surface area contributed by atoms with Gasteiger partial charge < -0.3 is 20.3 Å². The fourth-order valence-electron chi connectivity index (χ4n) is 3.55. The molecule has 2 atom stereocenters. The van der Waals surface area contributed by atoms with E-state index in [1.165, 1.54) is 23.1 Å². The van der Waals surface area contributed by atoms with Crippen LogP contribution in [0.4, 0.5) is 8.78 Å². The highest BCUT2D eigenvalue weighted by atomic mass is 19.3. The van der Waals surface area contributed by atoms with E-state index in [0.29, 0.717) is 19.4 Å². The smallest absolute Gasteiger partial charge is 0.387 e. The third-order valence-electron chi connectivity index (χ3n) is 4.79. The van der Waals surface area contributed by atoms with E-state index in [0.717, 1.165) is 25.9 Å². The number of nitrogens with one attached hydrogen (secondary N) is 2. The number of alkyl halides is 2. The van der Waals surface area contributed by atoms with Gasteiger partial charge in [-0.15, -0.1) is 0 Å². The molecule has 2 saturated heterocycles. The summed E-state index contributed by atoms with van der Waals surface area (Å²) in [6, 6.07) is 5.37. The van der Waals surface area contributed by atoms with Crippen LogP contribution in [0.25, 0.3) is 0 Å². The SMILES string of the molecule is O=C(NC1CCCNC1)C1CCCN1C(=O)c1ccccc1OC(F)F. The monoisotopic (exact) mass is 367 g/mol. The Morgan fingerprint density at radius 3 is 2.77 bits per heavy atom. The molecular weight excluding hydrogens is 344 g/mol. The maximum Gasteiger partial charge on any atom is 0.387 e. The van der Waals surface area contributed by atoms with E-state index in [9.17, 15) is 18.4 Å². The predicted molar refractivity (Wildman–Crippen MR) is 91.2 cm³/mol. The first-order valence-electron chi connectivity index (χ1n) is 8.92. The van der Waals surface area contributed by atoms with Gasteiger partial charge in [-0.25, -0.2) is 0 Å². The van der Waals surface area contributed by atoms with Crippen molar-refractivity contribution in [3.05, 3.63) is 29.8 Å². The van der Waals surface area contributed by atoms with Gasteiger partial charge in [0.25, 0.3) is 5.91 Å². The second-order valence-corrected chi connectivity index (χ2v) is 6.58. The van der Waals surface area contributed by atoms with E-state index >= 15 is 0 Å². The summed E-state index contributed by atoms with van der Waals surface area (Å²) in [6.45, 7) is -0.929. The van der Waals surface area contributed by atoms with Crippen LogP contribution in [0.1, 0.15) is 36.0 Å². The summed E-state index contributed by atoms with van der Waals surface area (Å²) in [6.07, 6.45) is 3.17. The minimum atomic E-state index is -3.01. The molecule has 0 aliphatic carbocycles. The Morgan fingerprint density at radius 2 is 2.04 bits per heavy atom. The van der Waals surface area contributed by atoms with E-state index in [2.05, 4.69) is 15.4 Å². The standard InChI is InChI=1S/C18H23F2N3O3/c19-18(20)26-15-8-2-1-6-13(15)17(25)23-10-4-7-14(23)16(24)22-12-5-3-9-21-11-12/h1-2,6,8,12,14,18,21H,3-5,7,9-11H2,(H,22,24). The third kappa shape index (κ3) is 4.30. The lowest BCUT2D eigenvalue weighted by Crippen LogP contribution is -2.52. The predicted octanol–water partition coefficient (Wildman–Crippen LogP) is 1.76. The second kappa shape index (κ2) is 8.44. The van der Waals surface area contributed by atoms with Crippen molar-refractivity contribution in [2.45, 2.75) is 44.4 Å². The van der Waals surface area contributed by atoms with Crippen LogP contribution in [0, 0.1) is 0 Å². The molecule has 1 aromatic rings. The molecule has 2 fully saturated rings. The van der Waals surface area contributed by atoms with Gasteiger partial charge in [0, 0.05) is 19.1 Å². The first-order chi connectivity index (χ1) is 12.6. The molecule has 2 N–H and O–H groups in total. The summed E-state index contributed by atoms with van der Waals surface area (Å²) < 4.78 is 29.6. The van der Waals surface area contributed by atoms with E-state index in [1.54, 1.807) is 6.07 Å². The molecule has 2 amide bonds. The zero-order valence-electron chi connectivity index (χ0n) is 14.4. The number of piperidine rings is 1. The largest absolute Gasteiger partial charge is 0.434 e. The lowest BCUT2D eigenvalue weighted by Gasteiger charge is -2.29. The summed E-state index contributed by atoms with van der Waals surface area (Å²) in [5, 5.41) is 6.23. The number of carbonyl (C=O) groups excluding carboxylic acids is 2. The molecule has 2 aliphatic heterocycles. The molecule has 1 aromatic carbocycles. The van der Waals surface area contributed by atoms with Gasteiger partial charge in [-0.2, -0.15) is 8.78 Å². The lowest BCUT2D eigenvalue weighted by atomic mass is 10.1. The Hall–Kier alpha value is -2.22. The van der Waals surface area contributed by atoms with Gasteiger partial charge in [-0.05, 0) is 44.4 Å². The van der Waals surface area contributed by atoms with Crippen LogP contribution < -0.4 is 15.4 Å². The van der Waals surface area contributed by atoms with Crippen LogP contribution in [0.3, 0.4) is 0 Å². The minimum absolute atomic E-state index is 0.0480. The quantitative estimate of drug-likeness (QED) is 0.832. The van der Waals surface area contributed by atoms with Crippen molar-refractivity contribution in [1.29, 1.82) is 0 Å². The van der Waals surface area contributed by atoms with E-state index in [-0.39, 0.29) is 23.3 Å². The van der Waals surface area contributed by atoms with Crippen LogP contribution >= 0.6 is 0 Å². The highest BCUT2D eigenvalue weighted by Gasteiger charge is 2.36. The highest BCUT2D eigenvalue weighted by Crippen LogP contribution is 2.26. The van der Waals surface area contributed by atoms with Crippen LogP contribution in [0.2, 0.25) is 0 Å². The Morgan fingerprint density at radius 1 is 1.23 bits per heavy atom. The number of rotatable bonds is 5. The number of hydrogen-bond donors (Lipinski definition) is 2. The number of hydrogen-bond acceptors (Lipinski definition) is 4. The van der Waals surface area contributed by atoms with Crippen molar-refractivity contribution in [2.75, 3.05) is 19.6 Å². The number of halogens is 2. The molecule has 0 bridgehead atoms. The molecule has 2 aliphatic rings. The van der Waals surface area contributed by atoms with Crippen molar-refractivity contribution in [3.63, 3.8) is 0 Å². The zero-order chi connectivity index (χ0) is 18.5. The molecule has 6 nitrogen and oxygen atoms in total. The van der Waals surface area contributed by atoms with Gasteiger partial charge in [0.1, 0.15) is 11.8 Å². The molecule has 26 heavy (non-hydrogen) atoms. The van der Waals surface area contributed by atoms with Gasteiger partial charge >= 0.3 is 6.61 Å². The third-order valence-corrected chi connectivity index (χ3v) is 4.79. The highest BCUT2D eigenvalue weighted by molar-refractivity contribution is 6.00. The summed E-state index contributed by atoms with van der Waals surface area (Å²) in [4.78, 5) is 27.0. The maximum atomic E-state index is 12.9. The summed E-state index contributed by atoms with van der Waals surface area (Å²) in [5.74, 6) is -0.812. The second-order valence-electron chi connectivity index (χ2n) is 6.58. The number of benzene rings is 1. The van der Waals surface area contributed by atoms with Crippen LogP contribution in [-0.2, 0) is 4.79 Å². The fourth-order valence-corrected chi connectivity index (χ4v) is 3.55. The van der Waals surface area contributed by atoms with Crippen molar-refractivity contribution < 1.29 is 23.1 Å². The van der Waals surface area contributed by atoms with Crippen molar-refractivity contribution >= 4 is 11.8 Å². The van der Waals surface area contributed by atoms with Crippen molar-refractivity contribution in [3.8, 4) is 5.75 Å². The Kier molecular flexibility index (Phi) is 6.03. The summed E-state index contributed by atoms with van der Waals surface area (Å²) in [7, 11) is 0. The maximum absolute atomic E-state index is 12.9. The van der Waals surface area contributed by atoms with Crippen LogP contribution in [0.15, 0.2) is 24.3 Å². The Labute approximate surface area is 150 Å². The number of carbonyl (C=O) groups is 2. The van der Waals surface area contributed by atoms with Crippen molar-refractivity contribution in [2.24, 2.45) is 0 Å². The number of likely N-dealkylation sites (tertiary alicyclic amines) is 1. The van der Waals surface area contributed by atoms with E-state index < -0.39 is 18.6 Å². The molecule has 2 unspecified atom stereocenters. The van der Waals surface area contributed by atoms with Gasteiger partial charge in [-0.1, -0.05) is 12.1 Å². The van der Waals surface area contributed by atoms with Gasteiger partial charge in [0.05, 0.1) is 5.56 Å². The molecular formula is C18H23F2N3O3. The molecule has 3 rings (SSSR count). The lowest BCUT2D eigenvalue weighted by molar-refractivity contribution is -0.125. The fraction of sp³-hybridized carbons (Fsp3) is 0.556. The van der Waals surface area contributed by atoms with Gasteiger partial charge in [0.2, 0.25) is 5.91 Å².